The lowest BCUT2D eigenvalue weighted by Gasteiger charge is -2.04. The summed E-state index contributed by atoms with van der Waals surface area (Å²) in [4.78, 5) is 11.7. The standard InChI is InChI=1S/C12H9BrFNO2/c1-7-2-5-11(17-7)12(16)15-8-3-4-10(14)9(13)6-8/h2-6H,1H3,(H,15,16). The van der Waals surface area contributed by atoms with Crippen LogP contribution in [0.3, 0.4) is 0 Å². The van der Waals surface area contributed by atoms with E-state index in [4.69, 9.17) is 4.42 Å². The minimum absolute atomic E-state index is 0.225. The zero-order valence-corrected chi connectivity index (χ0v) is 10.5. The summed E-state index contributed by atoms with van der Waals surface area (Å²) in [7, 11) is 0. The van der Waals surface area contributed by atoms with Gasteiger partial charge in [0.1, 0.15) is 11.6 Å². The number of amides is 1. The second-order valence-corrected chi connectivity index (χ2v) is 4.35. The van der Waals surface area contributed by atoms with Crippen molar-refractivity contribution in [2.75, 3.05) is 5.32 Å². The Hall–Kier alpha value is -1.62. The number of benzene rings is 1. The normalized spacial score (nSPS) is 10.3. The second kappa shape index (κ2) is 4.71. The summed E-state index contributed by atoms with van der Waals surface area (Å²) in [5, 5.41) is 2.61. The lowest BCUT2D eigenvalue weighted by atomic mass is 10.3. The molecule has 1 amide bonds. The number of hydrogen-bond donors (Lipinski definition) is 1. The summed E-state index contributed by atoms with van der Waals surface area (Å²) in [6, 6.07) is 7.53. The first-order valence-corrected chi connectivity index (χ1v) is 5.68. The lowest BCUT2D eigenvalue weighted by Crippen LogP contribution is -2.10. The highest BCUT2D eigenvalue weighted by Crippen LogP contribution is 2.20. The SMILES string of the molecule is Cc1ccc(C(=O)Nc2ccc(F)c(Br)c2)o1. The van der Waals surface area contributed by atoms with Crippen molar-refractivity contribution >= 4 is 27.5 Å². The maximum absolute atomic E-state index is 13.0. The smallest absolute Gasteiger partial charge is 0.291 e. The first-order chi connectivity index (χ1) is 8.06. The Labute approximate surface area is 106 Å². The molecule has 3 nitrogen and oxygen atoms in total. The predicted molar refractivity (Wildman–Crippen MR) is 65.5 cm³/mol. The molecule has 0 fully saturated rings. The van der Waals surface area contributed by atoms with Crippen LogP contribution in [0.5, 0.6) is 0 Å². The van der Waals surface area contributed by atoms with Crippen LogP contribution in [0.4, 0.5) is 10.1 Å². The van der Waals surface area contributed by atoms with E-state index in [9.17, 15) is 9.18 Å². The van der Waals surface area contributed by atoms with E-state index >= 15 is 0 Å². The van der Waals surface area contributed by atoms with E-state index in [0.29, 0.717) is 15.9 Å². The number of carbonyl (C=O) groups excluding carboxylic acids is 1. The molecule has 0 spiro atoms. The summed E-state index contributed by atoms with van der Waals surface area (Å²) in [6.07, 6.45) is 0. The van der Waals surface area contributed by atoms with Gasteiger partial charge in [-0.3, -0.25) is 4.79 Å². The van der Waals surface area contributed by atoms with Crippen LogP contribution in [0.2, 0.25) is 0 Å². The molecule has 1 heterocycles. The second-order valence-electron chi connectivity index (χ2n) is 3.49. The number of aryl methyl sites for hydroxylation is 1. The van der Waals surface area contributed by atoms with Gasteiger partial charge in [0.15, 0.2) is 5.76 Å². The molecule has 1 aromatic carbocycles. The fraction of sp³-hybridized carbons (Fsp3) is 0.0833. The van der Waals surface area contributed by atoms with Gasteiger partial charge in [0.25, 0.3) is 5.91 Å². The first-order valence-electron chi connectivity index (χ1n) is 4.89. The predicted octanol–water partition coefficient (Wildman–Crippen LogP) is 3.74. The number of rotatable bonds is 2. The van der Waals surface area contributed by atoms with Crippen LogP contribution in [0.15, 0.2) is 39.2 Å². The molecule has 1 aromatic heterocycles. The summed E-state index contributed by atoms with van der Waals surface area (Å²) in [5.74, 6) is 0.145. The summed E-state index contributed by atoms with van der Waals surface area (Å²) >= 11 is 3.05. The van der Waals surface area contributed by atoms with Crippen LogP contribution < -0.4 is 5.32 Å². The van der Waals surface area contributed by atoms with E-state index in [2.05, 4.69) is 21.2 Å². The van der Waals surface area contributed by atoms with Crippen LogP contribution in [-0.4, -0.2) is 5.91 Å². The summed E-state index contributed by atoms with van der Waals surface area (Å²) in [5.41, 5.74) is 0.498. The lowest BCUT2D eigenvalue weighted by molar-refractivity contribution is 0.0995. The maximum atomic E-state index is 13.0. The summed E-state index contributed by atoms with van der Waals surface area (Å²) < 4.78 is 18.5. The number of nitrogens with one attached hydrogen (secondary N) is 1. The van der Waals surface area contributed by atoms with Crippen molar-refractivity contribution in [3.05, 3.63) is 52.1 Å². The van der Waals surface area contributed by atoms with Gasteiger partial charge in [0, 0.05) is 5.69 Å². The molecule has 1 N–H and O–H groups in total. The van der Waals surface area contributed by atoms with Gasteiger partial charge in [-0.25, -0.2) is 4.39 Å². The average molecular weight is 298 g/mol. The first kappa shape index (κ1) is 11.9. The van der Waals surface area contributed by atoms with Gasteiger partial charge in [-0.15, -0.1) is 0 Å². The molecule has 0 saturated carbocycles. The van der Waals surface area contributed by atoms with Crippen LogP contribution in [0, 0.1) is 12.7 Å². The molecule has 2 rings (SSSR count). The quantitative estimate of drug-likeness (QED) is 0.917. The van der Waals surface area contributed by atoms with Crippen LogP contribution in [-0.2, 0) is 0 Å². The molecule has 88 valence electrons. The number of carbonyl (C=O) groups is 1. The molecule has 17 heavy (non-hydrogen) atoms. The Morgan fingerprint density at radius 1 is 1.35 bits per heavy atom. The largest absolute Gasteiger partial charge is 0.456 e. The van der Waals surface area contributed by atoms with Crippen LogP contribution >= 0.6 is 15.9 Å². The number of furan rings is 1. The zero-order chi connectivity index (χ0) is 12.4. The van der Waals surface area contributed by atoms with Crippen molar-refractivity contribution in [1.82, 2.24) is 0 Å². The fourth-order valence-electron chi connectivity index (χ4n) is 1.32. The Kier molecular flexibility index (Phi) is 3.28. The number of hydrogen-bond acceptors (Lipinski definition) is 2. The van der Waals surface area contributed by atoms with Crippen LogP contribution in [0.1, 0.15) is 16.3 Å². The third-order valence-corrected chi connectivity index (χ3v) is 2.75. The third kappa shape index (κ3) is 2.74. The molecule has 0 atom stereocenters. The molecule has 0 aliphatic rings. The monoisotopic (exact) mass is 297 g/mol. The molecule has 0 bridgehead atoms. The van der Waals surface area contributed by atoms with Crippen molar-refractivity contribution in [1.29, 1.82) is 0 Å². The molecule has 0 aliphatic carbocycles. The molecular weight excluding hydrogens is 289 g/mol. The molecule has 0 aliphatic heterocycles. The highest BCUT2D eigenvalue weighted by atomic mass is 79.9. The van der Waals surface area contributed by atoms with Gasteiger partial charge in [-0.1, -0.05) is 0 Å². The van der Waals surface area contributed by atoms with Gasteiger partial charge in [-0.05, 0) is 53.2 Å². The van der Waals surface area contributed by atoms with E-state index in [1.807, 2.05) is 0 Å². The van der Waals surface area contributed by atoms with E-state index in [1.54, 1.807) is 19.1 Å². The highest BCUT2D eigenvalue weighted by molar-refractivity contribution is 9.10. The topological polar surface area (TPSA) is 42.2 Å². The molecule has 5 heteroatoms. The molecular formula is C12H9BrFNO2. The van der Waals surface area contributed by atoms with Gasteiger partial charge < -0.3 is 9.73 Å². The van der Waals surface area contributed by atoms with Gasteiger partial charge >= 0.3 is 0 Å². The Bertz CT molecular complexity index is 565. The Morgan fingerprint density at radius 3 is 2.71 bits per heavy atom. The fourth-order valence-corrected chi connectivity index (χ4v) is 1.70. The average Bonchev–Trinajstić information content (AvgIpc) is 2.70. The molecule has 0 saturated heterocycles. The number of halogens is 2. The van der Waals surface area contributed by atoms with Gasteiger partial charge in [0.05, 0.1) is 4.47 Å². The molecule has 0 unspecified atom stereocenters. The third-order valence-electron chi connectivity index (χ3n) is 2.14. The van der Waals surface area contributed by atoms with E-state index < -0.39 is 0 Å². The van der Waals surface area contributed by atoms with Crippen molar-refractivity contribution in [3.8, 4) is 0 Å². The van der Waals surface area contributed by atoms with Crippen molar-refractivity contribution in [2.45, 2.75) is 6.92 Å². The minimum Gasteiger partial charge on any atom is -0.456 e. The number of anilines is 1. The van der Waals surface area contributed by atoms with Gasteiger partial charge in [0.2, 0.25) is 0 Å². The molecule has 2 aromatic rings. The van der Waals surface area contributed by atoms with E-state index in [0.717, 1.165) is 0 Å². The Morgan fingerprint density at radius 2 is 2.12 bits per heavy atom. The minimum atomic E-state index is -0.378. The summed E-state index contributed by atoms with van der Waals surface area (Å²) in [6.45, 7) is 1.76. The molecule has 0 radical (unpaired) electrons. The van der Waals surface area contributed by atoms with Crippen molar-refractivity contribution in [2.24, 2.45) is 0 Å². The van der Waals surface area contributed by atoms with Crippen LogP contribution in [0.25, 0.3) is 0 Å². The van der Waals surface area contributed by atoms with E-state index in [-0.39, 0.29) is 17.5 Å². The highest BCUT2D eigenvalue weighted by Gasteiger charge is 2.10. The van der Waals surface area contributed by atoms with Crippen molar-refractivity contribution < 1.29 is 13.6 Å². The van der Waals surface area contributed by atoms with Crippen molar-refractivity contribution in [3.63, 3.8) is 0 Å². The van der Waals surface area contributed by atoms with E-state index in [1.165, 1.54) is 18.2 Å². The van der Waals surface area contributed by atoms with Gasteiger partial charge in [-0.2, -0.15) is 0 Å². The zero-order valence-electron chi connectivity index (χ0n) is 8.96. The maximum Gasteiger partial charge on any atom is 0.291 e. The Balaban J connectivity index is 2.15.